The molecule has 0 aromatic carbocycles. The molecule has 1 atom stereocenters. The van der Waals surface area contributed by atoms with Crippen LogP contribution in [0.2, 0.25) is 0 Å². The largest absolute Gasteiger partial charge is 0.480 e. The Kier molecular flexibility index (Phi) is 4.50. The predicted molar refractivity (Wildman–Crippen MR) is 60.2 cm³/mol. The lowest BCUT2D eigenvalue weighted by Crippen LogP contribution is -2.48. The molecule has 1 unspecified atom stereocenters. The number of urea groups is 1. The number of nitrogens with one attached hydrogen (secondary N) is 3. The van der Waals surface area contributed by atoms with Gasteiger partial charge in [0.1, 0.15) is 6.04 Å². The Balaban J connectivity index is 2.40. The van der Waals surface area contributed by atoms with E-state index in [-0.39, 0.29) is 12.5 Å². The lowest BCUT2D eigenvalue weighted by Gasteiger charge is -2.17. The first kappa shape index (κ1) is 13.0. The van der Waals surface area contributed by atoms with Gasteiger partial charge < -0.3 is 20.7 Å². The molecular weight excluding hydrogens is 224 g/mol. The molecule has 0 spiro atoms. The van der Waals surface area contributed by atoms with Crippen LogP contribution in [0.25, 0.3) is 0 Å². The van der Waals surface area contributed by atoms with Gasteiger partial charge in [0, 0.05) is 6.20 Å². The Morgan fingerprint density at radius 3 is 2.71 bits per heavy atom. The molecule has 1 heterocycles. The zero-order valence-corrected chi connectivity index (χ0v) is 9.73. The summed E-state index contributed by atoms with van der Waals surface area (Å²) in [5, 5.41) is 13.8. The molecule has 4 N–H and O–H groups in total. The monoisotopic (exact) mass is 240 g/mol. The highest BCUT2D eigenvalue weighted by atomic mass is 16.4. The third-order valence-corrected chi connectivity index (χ3v) is 2.21. The second kappa shape index (κ2) is 5.88. The number of hydrogen-bond donors (Lipinski definition) is 4. The number of nitrogens with zero attached hydrogens (tertiary/aromatic N) is 1. The van der Waals surface area contributed by atoms with Crippen LogP contribution in [0, 0.1) is 5.92 Å². The second-order valence-electron chi connectivity index (χ2n) is 3.96. The van der Waals surface area contributed by atoms with E-state index in [4.69, 9.17) is 5.11 Å². The molecule has 1 rings (SSSR count). The van der Waals surface area contributed by atoms with Gasteiger partial charge in [0.15, 0.2) is 0 Å². The molecule has 1 aromatic rings. The number of aliphatic carboxylic acids is 1. The van der Waals surface area contributed by atoms with Gasteiger partial charge in [0.05, 0.1) is 18.6 Å². The highest BCUT2D eigenvalue weighted by Gasteiger charge is 2.23. The van der Waals surface area contributed by atoms with Gasteiger partial charge in [0.25, 0.3) is 0 Å². The maximum atomic E-state index is 11.4. The summed E-state index contributed by atoms with van der Waals surface area (Å²) in [4.78, 5) is 28.9. The number of H-pyrrole nitrogens is 1. The van der Waals surface area contributed by atoms with Crippen molar-refractivity contribution in [2.45, 2.75) is 26.4 Å². The summed E-state index contributed by atoms with van der Waals surface area (Å²) >= 11 is 0. The number of carboxylic acid groups (broad SMARTS) is 1. The summed E-state index contributed by atoms with van der Waals surface area (Å²) in [5.74, 6) is -1.22. The number of hydrogen-bond acceptors (Lipinski definition) is 3. The molecular formula is C10H16N4O3. The zero-order chi connectivity index (χ0) is 12.8. The maximum absolute atomic E-state index is 11.4. The molecule has 94 valence electrons. The smallest absolute Gasteiger partial charge is 0.326 e. The number of carboxylic acids is 1. The lowest BCUT2D eigenvalue weighted by molar-refractivity contribution is -0.140. The van der Waals surface area contributed by atoms with Gasteiger partial charge in [-0.15, -0.1) is 0 Å². The Labute approximate surface area is 98.6 Å². The number of rotatable bonds is 5. The van der Waals surface area contributed by atoms with Gasteiger partial charge in [0.2, 0.25) is 0 Å². The standard InChI is InChI=1S/C10H16N4O3/c1-6(2)8(9(15)16)14-10(17)12-4-7-3-11-5-13-7/h3,5-6,8H,4H2,1-2H3,(H,11,13)(H,15,16)(H2,12,14,17). The summed E-state index contributed by atoms with van der Waals surface area (Å²) in [7, 11) is 0. The van der Waals surface area contributed by atoms with Gasteiger partial charge in [-0.3, -0.25) is 0 Å². The minimum Gasteiger partial charge on any atom is -0.480 e. The average molecular weight is 240 g/mol. The fraction of sp³-hybridized carbons (Fsp3) is 0.500. The van der Waals surface area contributed by atoms with Crippen molar-refractivity contribution >= 4 is 12.0 Å². The van der Waals surface area contributed by atoms with Crippen LogP contribution in [0.5, 0.6) is 0 Å². The topological polar surface area (TPSA) is 107 Å². The highest BCUT2D eigenvalue weighted by molar-refractivity contribution is 5.82. The fourth-order valence-corrected chi connectivity index (χ4v) is 1.26. The van der Waals surface area contributed by atoms with E-state index in [1.54, 1.807) is 20.0 Å². The number of amides is 2. The number of carbonyl (C=O) groups is 2. The van der Waals surface area contributed by atoms with Crippen molar-refractivity contribution in [1.29, 1.82) is 0 Å². The van der Waals surface area contributed by atoms with Crippen LogP contribution in [-0.2, 0) is 11.3 Å². The summed E-state index contributed by atoms with van der Waals surface area (Å²) in [5.41, 5.74) is 0.747. The fourth-order valence-electron chi connectivity index (χ4n) is 1.26. The molecule has 0 fully saturated rings. The molecule has 7 heteroatoms. The molecule has 7 nitrogen and oxygen atoms in total. The number of aromatic nitrogens is 2. The minimum atomic E-state index is -1.04. The highest BCUT2D eigenvalue weighted by Crippen LogP contribution is 2.01. The van der Waals surface area contributed by atoms with Crippen molar-refractivity contribution < 1.29 is 14.7 Å². The molecule has 0 aliphatic rings. The van der Waals surface area contributed by atoms with E-state index in [1.165, 1.54) is 6.33 Å². The van der Waals surface area contributed by atoms with E-state index in [1.807, 2.05) is 0 Å². The van der Waals surface area contributed by atoms with Crippen LogP contribution in [0.4, 0.5) is 4.79 Å². The van der Waals surface area contributed by atoms with Crippen LogP contribution in [0.3, 0.4) is 0 Å². The van der Waals surface area contributed by atoms with E-state index < -0.39 is 18.0 Å². The molecule has 17 heavy (non-hydrogen) atoms. The number of imidazole rings is 1. The minimum absolute atomic E-state index is 0.176. The van der Waals surface area contributed by atoms with Crippen molar-refractivity contribution in [3.8, 4) is 0 Å². The van der Waals surface area contributed by atoms with Gasteiger partial charge in [-0.25, -0.2) is 14.6 Å². The third kappa shape index (κ3) is 4.13. The normalized spacial score (nSPS) is 12.2. The van der Waals surface area contributed by atoms with Crippen molar-refractivity contribution in [3.05, 3.63) is 18.2 Å². The molecule has 0 saturated heterocycles. The summed E-state index contributed by atoms with van der Waals surface area (Å²) in [6, 6.07) is -1.41. The van der Waals surface area contributed by atoms with Gasteiger partial charge >= 0.3 is 12.0 Å². The predicted octanol–water partition coefficient (Wildman–Crippen LogP) is 0.318. The quantitative estimate of drug-likeness (QED) is 0.594. The third-order valence-electron chi connectivity index (χ3n) is 2.21. The molecule has 0 bridgehead atoms. The van der Waals surface area contributed by atoms with E-state index >= 15 is 0 Å². The Morgan fingerprint density at radius 2 is 2.24 bits per heavy atom. The van der Waals surface area contributed by atoms with E-state index in [0.717, 1.165) is 5.69 Å². The molecule has 0 radical (unpaired) electrons. The Hall–Kier alpha value is -2.05. The number of carbonyl (C=O) groups excluding carboxylic acids is 1. The van der Waals surface area contributed by atoms with E-state index in [9.17, 15) is 9.59 Å². The first-order chi connectivity index (χ1) is 8.00. The first-order valence-electron chi connectivity index (χ1n) is 5.25. The Morgan fingerprint density at radius 1 is 1.53 bits per heavy atom. The second-order valence-corrected chi connectivity index (χ2v) is 3.96. The molecule has 1 aromatic heterocycles. The van der Waals surface area contributed by atoms with E-state index in [0.29, 0.717) is 0 Å². The number of aromatic amines is 1. The maximum Gasteiger partial charge on any atom is 0.326 e. The van der Waals surface area contributed by atoms with Gasteiger partial charge in [-0.1, -0.05) is 13.8 Å². The Bertz CT molecular complexity index is 375. The summed E-state index contributed by atoms with van der Waals surface area (Å²) in [6.07, 6.45) is 3.08. The van der Waals surface area contributed by atoms with Crippen molar-refractivity contribution in [2.75, 3.05) is 0 Å². The molecule has 0 saturated carbocycles. The molecule has 0 aliphatic heterocycles. The first-order valence-corrected chi connectivity index (χ1v) is 5.25. The average Bonchev–Trinajstić information content (AvgIpc) is 2.74. The zero-order valence-electron chi connectivity index (χ0n) is 9.73. The summed E-state index contributed by atoms with van der Waals surface area (Å²) in [6.45, 7) is 3.73. The van der Waals surface area contributed by atoms with Gasteiger partial charge in [-0.05, 0) is 5.92 Å². The molecule has 0 aliphatic carbocycles. The molecule has 2 amide bonds. The van der Waals surface area contributed by atoms with Crippen LogP contribution in [0.15, 0.2) is 12.5 Å². The van der Waals surface area contributed by atoms with Crippen molar-refractivity contribution in [3.63, 3.8) is 0 Å². The van der Waals surface area contributed by atoms with Crippen LogP contribution < -0.4 is 10.6 Å². The van der Waals surface area contributed by atoms with Crippen LogP contribution in [-0.4, -0.2) is 33.1 Å². The summed E-state index contributed by atoms with van der Waals surface area (Å²) < 4.78 is 0. The van der Waals surface area contributed by atoms with E-state index in [2.05, 4.69) is 20.6 Å². The van der Waals surface area contributed by atoms with Gasteiger partial charge in [-0.2, -0.15) is 0 Å². The van der Waals surface area contributed by atoms with Crippen LogP contribution >= 0.6 is 0 Å². The van der Waals surface area contributed by atoms with Crippen molar-refractivity contribution in [1.82, 2.24) is 20.6 Å². The van der Waals surface area contributed by atoms with Crippen molar-refractivity contribution in [2.24, 2.45) is 5.92 Å². The lowest BCUT2D eigenvalue weighted by atomic mass is 10.1. The SMILES string of the molecule is CC(C)C(NC(=O)NCc1cnc[nH]1)C(=O)O. The van der Waals surface area contributed by atoms with Crippen LogP contribution in [0.1, 0.15) is 19.5 Å².